The van der Waals surface area contributed by atoms with Crippen LogP contribution in [0.15, 0.2) is 24.3 Å². The van der Waals surface area contributed by atoms with Crippen LogP contribution in [0.2, 0.25) is 0 Å². The van der Waals surface area contributed by atoms with Gasteiger partial charge in [-0.3, -0.25) is 29.5 Å². The Morgan fingerprint density at radius 1 is 1.15 bits per heavy atom. The molecule has 0 saturated carbocycles. The number of benzene rings is 1. The Balaban J connectivity index is 1.69. The smallest absolute Gasteiger partial charge is 0.269 e. The fraction of sp³-hybridized carbons (Fsp3) is 0.579. The molecule has 3 aliphatic heterocycles. The Morgan fingerprint density at radius 3 is 2.50 bits per heavy atom. The molecular formula is C19H23N3O4. The number of nitro benzene ring substituents is 1. The first-order valence-corrected chi connectivity index (χ1v) is 9.40. The van der Waals surface area contributed by atoms with Crippen molar-refractivity contribution in [3.63, 3.8) is 0 Å². The summed E-state index contributed by atoms with van der Waals surface area (Å²) < 4.78 is 0. The molecule has 3 saturated heterocycles. The fourth-order valence-corrected chi connectivity index (χ4v) is 4.99. The van der Waals surface area contributed by atoms with Crippen molar-refractivity contribution in [1.82, 2.24) is 9.80 Å². The Labute approximate surface area is 152 Å². The maximum Gasteiger partial charge on any atom is 0.269 e. The van der Waals surface area contributed by atoms with Gasteiger partial charge < -0.3 is 0 Å². The lowest BCUT2D eigenvalue weighted by Gasteiger charge is -2.28. The van der Waals surface area contributed by atoms with Crippen LogP contribution in [0.1, 0.15) is 44.2 Å². The minimum atomic E-state index is -0.420. The predicted molar refractivity (Wildman–Crippen MR) is 94.2 cm³/mol. The van der Waals surface area contributed by atoms with E-state index in [-0.39, 0.29) is 41.4 Å². The number of unbranched alkanes of at least 4 members (excludes halogenated alkanes) is 1. The summed E-state index contributed by atoms with van der Waals surface area (Å²) in [6.45, 7) is 3.42. The zero-order valence-electron chi connectivity index (χ0n) is 14.8. The van der Waals surface area contributed by atoms with Crippen molar-refractivity contribution in [3.8, 4) is 0 Å². The second-order valence-electron chi connectivity index (χ2n) is 7.47. The zero-order chi connectivity index (χ0) is 18.4. The highest BCUT2D eigenvalue weighted by molar-refractivity contribution is 6.06. The van der Waals surface area contributed by atoms with Gasteiger partial charge in [0.25, 0.3) is 5.69 Å². The maximum absolute atomic E-state index is 13.1. The molecule has 1 aromatic rings. The van der Waals surface area contributed by atoms with Crippen molar-refractivity contribution in [2.24, 2.45) is 11.8 Å². The van der Waals surface area contributed by atoms with Gasteiger partial charge in [0, 0.05) is 30.8 Å². The Hall–Kier alpha value is -2.28. The molecule has 0 radical (unpaired) electrons. The van der Waals surface area contributed by atoms with Gasteiger partial charge in [-0.25, -0.2) is 0 Å². The Bertz CT molecular complexity index is 748. The van der Waals surface area contributed by atoms with E-state index in [0.29, 0.717) is 6.54 Å². The summed E-state index contributed by atoms with van der Waals surface area (Å²) >= 11 is 0. The molecule has 4 rings (SSSR count). The Morgan fingerprint density at radius 2 is 1.85 bits per heavy atom. The highest BCUT2D eigenvalue weighted by Gasteiger charge is 2.62. The highest BCUT2D eigenvalue weighted by atomic mass is 16.6. The summed E-state index contributed by atoms with van der Waals surface area (Å²) in [5, 5.41) is 10.9. The van der Waals surface area contributed by atoms with E-state index in [0.717, 1.165) is 37.8 Å². The number of likely N-dealkylation sites (tertiary alicyclic amines) is 1. The standard InChI is InChI=1S/C19H23N3O4/c1-2-3-10-21-18(23)15-14-5-4-11-20(14)17(16(15)19(21)24)12-6-8-13(9-7-12)22(25)26/h6-9,14-17H,2-5,10-11H2,1H3. The fourth-order valence-electron chi connectivity index (χ4n) is 4.99. The number of imide groups is 1. The van der Waals surface area contributed by atoms with Crippen LogP contribution in [0.5, 0.6) is 0 Å². The van der Waals surface area contributed by atoms with Crippen LogP contribution < -0.4 is 0 Å². The van der Waals surface area contributed by atoms with E-state index in [1.807, 2.05) is 6.92 Å². The third kappa shape index (κ3) is 2.45. The number of hydrogen-bond donors (Lipinski definition) is 0. The van der Waals surface area contributed by atoms with Crippen LogP contribution in [0, 0.1) is 22.0 Å². The van der Waals surface area contributed by atoms with E-state index in [1.165, 1.54) is 17.0 Å². The molecule has 0 N–H and O–H groups in total. The lowest BCUT2D eigenvalue weighted by molar-refractivity contribution is -0.384. The monoisotopic (exact) mass is 357 g/mol. The molecule has 2 amide bonds. The molecular weight excluding hydrogens is 334 g/mol. The molecule has 4 unspecified atom stereocenters. The number of carbonyl (C=O) groups excluding carboxylic acids is 2. The SMILES string of the molecule is CCCCN1C(=O)C2C(C1=O)C(c1ccc([N+](=O)[O-])cc1)N1CCCC21. The molecule has 0 aliphatic carbocycles. The summed E-state index contributed by atoms with van der Waals surface area (Å²) in [4.78, 5) is 40.3. The van der Waals surface area contributed by atoms with Gasteiger partial charge in [0.1, 0.15) is 0 Å². The van der Waals surface area contributed by atoms with E-state index in [2.05, 4.69) is 4.90 Å². The molecule has 26 heavy (non-hydrogen) atoms. The second-order valence-corrected chi connectivity index (χ2v) is 7.47. The normalized spacial score (nSPS) is 30.7. The van der Waals surface area contributed by atoms with Crippen molar-refractivity contribution < 1.29 is 14.5 Å². The molecule has 0 bridgehead atoms. The lowest BCUT2D eigenvalue weighted by Crippen LogP contribution is -2.39. The maximum atomic E-state index is 13.1. The van der Waals surface area contributed by atoms with Gasteiger partial charge in [-0.2, -0.15) is 0 Å². The number of amides is 2. The van der Waals surface area contributed by atoms with Crippen LogP contribution in [0.3, 0.4) is 0 Å². The van der Waals surface area contributed by atoms with E-state index in [4.69, 9.17) is 0 Å². The lowest BCUT2D eigenvalue weighted by atomic mass is 9.85. The number of rotatable bonds is 5. The van der Waals surface area contributed by atoms with Gasteiger partial charge in [0.05, 0.1) is 16.8 Å². The number of hydrogen-bond acceptors (Lipinski definition) is 5. The van der Waals surface area contributed by atoms with E-state index in [9.17, 15) is 19.7 Å². The number of nitrogens with zero attached hydrogens (tertiary/aromatic N) is 3. The second kappa shape index (κ2) is 6.46. The highest BCUT2D eigenvalue weighted by Crippen LogP contribution is 2.53. The summed E-state index contributed by atoms with van der Waals surface area (Å²) in [7, 11) is 0. The van der Waals surface area contributed by atoms with E-state index >= 15 is 0 Å². The van der Waals surface area contributed by atoms with Crippen molar-refractivity contribution >= 4 is 17.5 Å². The summed E-state index contributed by atoms with van der Waals surface area (Å²) in [6, 6.07) is 6.42. The van der Waals surface area contributed by atoms with Crippen LogP contribution in [0.4, 0.5) is 5.69 Å². The van der Waals surface area contributed by atoms with Crippen molar-refractivity contribution in [2.75, 3.05) is 13.1 Å². The molecule has 4 atom stereocenters. The predicted octanol–water partition coefficient (Wildman–Crippen LogP) is 2.52. The first-order chi connectivity index (χ1) is 12.5. The van der Waals surface area contributed by atoms with Crippen molar-refractivity contribution in [3.05, 3.63) is 39.9 Å². The number of nitro groups is 1. The largest absolute Gasteiger partial charge is 0.292 e. The Kier molecular flexibility index (Phi) is 4.26. The minimum absolute atomic E-state index is 0.0187. The number of non-ortho nitro benzene ring substituents is 1. The van der Waals surface area contributed by atoms with E-state index < -0.39 is 4.92 Å². The minimum Gasteiger partial charge on any atom is -0.292 e. The summed E-state index contributed by atoms with van der Waals surface area (Å²) in [5.41, 5.74) is 0.938. The molecule has 7 nitrogen and oxygen atoms in total. The van der Waals surface area contributed by atoms with Gasteiger partial charge >= 0.3 is 0 Å². The van der Waals surface area contributed by atoms with Gasteiger partial charge in [-0.05, 0) is 31.4 Å². The van der Waals surface area contributed by atoms with Crippen LogP contribution in [-0.2, 0) is 9.59 Å². The first kappa shape index (κ1) is 17.1. The van der Waals surface area contributed by atoms with Crippen molar-refractivity contribution in [2.45, 2.75) is 44.7 Å². The van der Waals surface area contributed by atoms with Crippen molar-refractivity contribution in [1.29, 1.82) is 0 Å². The molecule has 3 aliphatic rings. The molecule has 7 heteroatoms. The average molecular weight is 357 g/mol. The molecule has 0 aromatic heterocycles. The molecule has 3 heterocycles. The summed E-state index contributed by atoms with van der Waals surface area (Å²) in [6.07, 6.45) is 3.72. The van der Waals surface area contributed by atoms with Gasteiger partial charge in [-0.15, -0.1) is 0 Å². The van der Waals surface area contributed by atoms with Gasteiger partial charge in [0.15, 0.2) is 0 Å². The van der Waals surface area contributed by atoms with Gasteiger partial charge in [0.2, 0.25) is 11.8 Å². The van der Waals surface area contributed by atoms with E-state index in [1.54, 1.807) is 12.1 Å². The quantitative estimate of drug-likeness (QED) is 0.459. The van der Waals surface area contributed by atoms with Gasteiger partial charge in [-0.1, -0.05) is 25.5 Å². The first-order valence-electron chi connectivity index (χ1n) is 9.40. The molecule has 3 fully saturated rings. The van der Waals surface area contributed by atoms with Crippen LogP contribution in [-0.4, -0.2) is 45.7 Å². The third-order valence-corrected chi connectivity index (χ3v) is 6.12. The third-order valence-electron chi connectivity index (χ3n) is 6.12. The topological polar surface area (TPSA) is 83.8 Å². The number of carbonyl (C=O) groups is 2. The summed E-state index contributed by atoms with van der Waals surface area (Å²) in [5.74, 6) is -0.700. The average Bonchev–Trinajstić information content (AvgIpc) is 3.27. The molecule has 138 valence electrons. The molecule has 0 spiro atoms. The molecule has 1 aromatic carbocycles. The van der Waals surface area contributed by atoms with Crippen LogP contribution in [0.25, 0.3) is 0 Å². The number of fused-ring (bicyclic) bond motifs is 3. The zero-order valence-corrected chi connectivity index (χ0v) is 14.8. The van der Waals surface area contributed by atoms with Crippen LogP contribution >= 0.6 is 0 Å².